The molecule has 2 aromatic rings. The maximum absolute atomic E-state index is 12.9. The fourth-order valence-electron chi connectivity index (χ4n) is 2.08. The van der Waals surface area contributed by atoms with Gasteiger partial charge in [-0.2, -0.15) is 17.7 Å². The lowest BCUT2D eigenvalue weighted by Gasteiger charge is -2.13. The number of alkyl halides is 3. The molecule has 0 saturated carbocycles. The molecule has 0 spiro atoms. The summed E-state index contributed by atoms with van der Waals surface area (Å²) in [6.07, 6.45) is -4.81. The fraction of sp³-hybridized carbons (Fsp3) is 0.571. The Kier molecular flexibility index (Phi) is 4.95. The Morgan fingerprint density at radius 3 is 2.50 bits per heavy atom. The van der Waals surface area contributed by atoms with Gasteiger partial charge in [0.15, 0.2) is 5.65 Å². The van der Waals surface area contributed by atoms with Gasteiger partial charge in [-0.15, -0.1) is 15.3 Å². The molecule has 0 bridgehead atoms. The molecule has 0 amide bonds. The second kappa shape index (κ2) is 6.62. The van der Waals surface area contributed by atoms with Crippen molar-refractivity contribution in [1.82, 2.24) is 19.8 Å². The van der Waals surface area contributed by atoms with Gasteiger partial charge in [0, 0.05) is 12.1 Å². The molecule has 1 N–H and O–H groups in total. The van der Waals surface area contributed by atoms with Gasteiger partial charge >= 0.3 is 12.1 Å². The molecule has 0 aliphatic rings. The van der Waals surface area contributed by atoms with Crippen molar-refractivity contribution in [3.63, 3.8) is 0 Å². The fourth-order valence-corrected chi connectivity index (χ4v) is 2.08. The number of hydrogen-bond acceptors (Lipinski definition) is 6. The number of rotatable bonds is 5. The largest absolute Gasteiger partial charge is 0.463 e. The molecule has 0 aliphatic heterocycles. The molecule has 2 heterocycles. The van der Waals surface area contributed by atoms with Crippen LogP contribution in [0.2, 0.25) is 0 Å². The van der Waals surface area contributed by atoms with Crippen molar-refractivity contribution in [1.29, 1.82) is 0 Å². The normalized spacial score (nSPS) is 12.0. The van der Waals surface area contributed by atoms with Crippen LogP contribution in [0, 0.1) is 13.8 Å². The summed E-state index contributed by atoms with van der Waals surface area (Å²) in [4.78, 5) is 11.5. The highest BCUT2D eigenvalue weighted by Gasteiger charge is 2.38. The zero-order valence-electron chi connectivity index (χ0n) is 13.7. The molecule has 0 fully saturated rings. The van der Waals surface area contributed by atoms with Gasteiger partial charge < -0.3 is 10.1 Å². The van der Waals surface area contributed by atoms with E-state index in [0.29, 0.717) is 15.6 Å². The average Bonchev–Trinajstić information content (AvgIpc) is 2.87. The highest BCUT2D eigenvalue weighted by molar-refractivity contribution is 5.70. The molecule has 2 aromatic heterocycles. The number of aromatic nitrogens is 4. The van der Waals surface area contributed by atoms with E-state index in [2.05, 4.69) is 20.6 Å². The Morgan fingerprint density at radius 2 is 1.92 bits per heavy atom. The van der Waals surface area contributed by atoms with Crippen LogP contribution in [0.5, 0.6) is 0 Å². The van der Waals surface area contributed by atoms with Crippen molar-refractivity contribution in [2.75, 3.05) is 11.9 Å². The van der Waals surface area contributed by atoms with Crippen molar-refractivity contribution >= 4 is 17.4 Å². The number of nitrogens with one attached hydrogen (secondary N) is 1. The quantitative estimate of drug-likeness (QED) is 0.839. The number of anilines is 1. The Morgan fingerprint density at radius 1 is 1.25 bits per heavy atom. The Balaban J connectivity index is 2.24. The molecule has 2 rings (SSSR count). The summed E-state index contributed by atoms with van der Waals surface area (Å²) in [5.41, 5.74) is 1.21. The van der Waals surface area contributed by atoms with Crippen molar-refractivity contribution in [3.8, 4) is 0 Å². The summed E-state index contributed by atoms with van der Waals surface area (Å²) >= 11 is 0. The highest BCUT2D eigenvalue weighted by Crippen LogP contribution is 2.29. The SMILES string of the molecule is Cc1c(NCCC(=O)OC(C)C)nn2c(C(F)(F)F)nnc2c1C. The molecule has 24 heavy (non-hydrogen) atoms. The lowest BCUT2D eigenvalue weighted by atomic mass is 10.2. The van der Waals surface area contributed by atoms with Gasteiger partial charge in [0.2, 0.25) is 0 Å². The Bertz CT molecular complexity index is 755. The van der Waals surface area contributed by atoms with Crippen LogP contribution in [0.4, 0.5) is 19.0 Å². The van der Waals surface area contributed by atoms with Gasteiger partial charge in [-0.05, 0) is 33.3 Å². The number of fused-ring (bicyclic) bond motifs is 1. The number of aryl methyl sites for hydroxylation is 1. The Hall–Kier alpha value is -2.39. The topological polar surface area (TPSA) is 81.4 Å². The number of esters is 1. The first-order valence-corrected chi connectivity index (χ1v) is 7.34. The minimum absolute atomic E-state index is 0.0459. The minimum atomic E-state index is -4.66. The third-order valence-electron chi connectivity index (χ3n) is 3.34. The molecule has 0 unspecified atom stereocenters. The molecule has 0 atom stereocenters. The van der Waals surface area contributed by atoms with Crippen LogP contribution in [0.15, 0.2) is 0 Å². The van der Waals surface area contributed by atoms with Crippen LogP contribution >= 0.6 is 0 Å². The zero-order chi connectivity index (χ0) is 18.1. The van der Waals surface area contributed by atoms with Crippen LogP contribution in [0.25, 0.3) is 5.65 Å². The van der Waals surface area contributed by atoms with E-state index in [-0.39, 0.29) is 30.5 Å². The van der Waals surface area contributed by atoms with E-state index < -0.39 is 18.0 Å². The van der Waals surface area contributed by atoms with E-state index in [1.54, 1.807) is 27.7 Å². The van der Waals surface area contributed by atoms with Gasteiger partial charge in [-0.3, -0.25) is 4.79 Å². The third-order valence-corrected chi connectivity index (χ3v) is 3.34. The van der Waals surface area contributed by atoms with Gasteiger partial charge in [0.05, 0.1) is 12.5 Å². The molecule has 10 heteroatoms. The number of nitrogens with zero attached hydrogens (tertiary/aromatic N) is 4. The van der Waals surface area contributed by atoms with E-state index in [1.807, 2.05) is 0 Å². The standard InChI is InChI=1S/C14H18F3N5O2/c1-7(2)24-10(23)5-6-18-11-8(3)9(4)12-19-20-13(14(15,16)17)22(12)21-11/h7H,5-6H2,1-4H3,(H,18,21). The molecule has 7 nitrogen and oxygen atoms in total. The van der Waals surface area contributed by atoms with E-state index in [4.69, 9.17) is 4.74 Å². The van der Waals surface area contributed by atoms with E-state index >= 15 is 0 Å². The van der Waals surface area contributed by atoms with E-state index in [1.165, 1.54) is 0 Å². The summed E-state index contributed by atoms with van der Waals surface area (Å²) < 4.78 is 44.5. The minimum Gasteiger partial charge on any atom is -0.463 e. The van der Waals surface area contributed by atoms with Crippen molar-refractivity contribution in [3.05, 3.63) is 17.0 Å². The first-order chi connectivity index (χ1) is 11.1. The lowest BCUT2D eigenvalue weighted by molar-refractivity contribution is -0.147. The molecular weight excluding hydrogens is 327 g/mol. The number of halogens is 3. The van der Waals surface area contributed by atoms with Crippen LogP contribution in [-0.2, 0) is 15.7 Å². The summed E-state index contributed by atoms with van der Waals surface area (Å²) in [5, 5.41) is 13.5. The monoisotopic (exact) mass is 345 g/mol. The maximum Gasteiger partial charge on any atom is 0.453 e. The lowest BCUT2D eigenvalue weighted by Crippen LogP contribution is -2.18. The zero-order valence-corrected chi connectivity index (χ0v) is 13.7. The predicted molar refractivity (Wildman–Crippen MR) is 79.6 cm³/mol. The van der Waals surface area contributed by atoms with E-state index in [0.717, 1.165) is 0 Å². The highest BCUT2D eigenvalue weighted by atomic mass is 19.4. The summed E-state index contributed by atoms with van der Waals surface area (Å²) in [6.45, 7) is 7.00. The van der Waals surface area contributed by atoms with Gasteiger partial charge in [-0.25, -0.2) is 0 Å². The summed E-state index contributed by atoms with van der Waals surface area (Å²) in [5.74, 6) is -1.35. The van der Waals surface area contributed by atoms with Crippen LogP contribution < -0.4 is 5.32 Å². The summed E-state index contributed by atoms with van der Waals surface area (Å²) in [6, 6.07) is 0. The van der Waals surface area contributed by atoms with Gasteiger partial charge in [0.25, 0.3) is 5.82 Å². The second-order valence-corrected chi connectivity index (χ2v) is 5.57. The third kappa shape index (κ3) is 3.74. The average molecular weight is 345 g/mol. The van der Waals surface area contributed by atoms with Crippen LogP contribution in [-0.4, -0.2) is 38.4 Å². The summed E-state index contributed by atoms with van der Waals surface area (Å²) in [7, 11) is 0. The first kappa shape index (κ1) is 18.0. The smallest absolute Gasteiger partial charge is 0.453 e. The molecule has 0 aliphatic carbocycles. The van der Waals surface area contributed by atoms with Crippen molar-refractivity contribution in [2.24, 2.45) is 0 Å². The maximum atomic E-state index is 12.9. The van der Waals surface area contributed by atoms with Crippen LogP contribution in [0.1, 0.15) is 37.2 Å². The number of carbonyl (C=O) groups is 1. The Labute approximate surface area is 136 Å². The number of carbonyl (C=O) groups excluding carboxylic acids is 1. The molecule has 0 saturated heterocycles. The molecule has 0 aromatic carbocycles. The van der Waals surface area contributed by atoms with Crippen molar-refractivity contribution in [2.45, 2.75) is 46.4 Å². The van der Waals surface area contributed by atoms with Crippen LogP contribution in [0.3, 0.4) is 0 Å². The second-order valence-electron chi connectivity index (χ2n) is 5.57. The van der Waals surface area contributed by atoms with Crippen molar-refractivity contribution < 1.29 is 22.7 Å². The molecule has 0 radical (unpaired) electrons. The first-order valence-electron chi connectivity index (χ1n) is 7.34. The van der Waals surface area contributed by atoms with Gasteiger partial charge in [0.1, 0.15) is 5.82 Å². The molecule has 132 valence electrons. The molecular formula is C14H18F3N5O2. The number of ether oxygens (including phenoxy) is 1. The van der Waals surface area contributed by atoms with E-state index in [9.17, 15) is 18.0 Å². The van der Waals surface area contributed by atoms with Gasteiger partial charge in [-0.1, -0.05) is 0 Å². The number of hydrogen-bond donors (Lipinski definition) is 1. The predicted octanol–water partition coefficient (Wildman–Crippen LogP) is 2.51.